The minimum absolute atomic E-state index is 0.556. The Hall–Kier alpha value is -0.820. The summed E-state index contributed by atoms with van der Waals surface area (Å²) >= 11 is 0. The van der Waals surface area contributed by atoms with E-state index in [1.165, 1.54) is 5.56 Å². The maximum absolute atomic E-state index is 9.47. The van der Waals surface area contributed by atoms with Crippen LogP contribution >= 0.6 is 0 Å². The Labute approximate surface area is 74.1 Å². The minimum Gasteiger partial charge on any atom is -0.390 e. The molecule has 1 rings (SSSR count). The van der Waals surface area contributed by atoms with Crippen LogP contribution in [0.1, 0.15) is 25.8 Å². The smallest absolute Gasteiger partial charge is 0.0594 e. The lowest BCUT2D eigenvalue weighted by molar-refractivity contribution is 0.0714. The summed E-state index contributed by atoms with van der Waals surface area (Å²) in [5.74, 6) is 0. The number of hydrogen-bond acceptors (Lipinski definition) is 1. The van der Waals surface area contributed by atoms with Crippen molar-refractivity contribution in [1.82, 2.24) is 0 Å². The molecule has 0 aromatic heterocycles. The lowest BCUT2D eigenvalue weighted by Crippen LogP contribution is -2.19. The van der Waals surface area contributed by atoms with Crippen molar-refractivity contribution in [1.29, 1.82) is 0 Å². The summed E-state index contributed by atoms with van der Waals surface area (Å²) in [6.45, 7) is 3.67. The Morgan fingerprint density at radius 2 is 1.92 bits per heavy atom. The molecule has 1 N–H and O–H groups in total. The SMILES string of the molecule is CC(C)(O)CCc1cc[c]cc1. The highest BCUT2D eigenvalue weighted by atomic mass is 16.3. The van der Waals surface area contributed by atoms with Gasteiger partial charge in [0.15, 0.2) is 0 Å². The Bertz CT molecular complexity index is 221. The first-order valence-corrected chi connectivity index (χ1v) is 4.25. The van der Waals surface area contributed by atoms with E-state index in [4.69, 9.17) is 0 Å². The molecule has 0 aliphatic rings. The molecule has 0 bridgehead atoms. The molecule has 0 atom stereocenters. The molecular weight excluding hydrogens is 148 g/mol. The average Bonchev–Trinajstić information content (AvgIpc) is 2.02. The van der Waals surface area contributed by atoms with Gasteiger partial charge in [0, 0.05) is 0 Å². The predicted octanol–water partition coefficient (Wildman–Crippen LogP) is 2.19. The molecular formula is C11H15O. The second-order valence-electron chi connectivity index (χ2n) is 3.72. The van der Waals surface area contributed by atoms with Crippen molar-refractivity contribution >= 4 is 0 Å². The third-order valence-corrected chi connectivity index (χ3v) is 1.81. The normalized spacial score (nSPS) is 11.6. The maximum Gasteiger partial charge on any atom is 0.0594 e. The first-order chi connectivity index (χ1) is 5.58. The van der Waals surface area contributed by atoms with Crippen molar-refractivity contribution in [2.45, 2.75) is 32.3 Å². The van der Waals surface area contributed by atoms with Crippen LogP contribution in [0.5, 0.6) is 0 Å². The van der Waals surface area contributed by atoms with Gasteiger partial charge in [0.1, 0.15) is 0 Å². The first kappa shape index (κ1) is 9.27. The third kappa shape index (κ3) is 3.54. The third-order valence-electron chi connectivity index (χ3n) is 1.81. The molecule has 0 aliphatic heterocycles. The minimum atomic E-state index is -0.556. The summed E-state index contributed by atoms with van der Waals surface area (Å²) in [4.78, 5) is 0. The quantitative estimate of drug-likeness (QED) is 0.724. The number of rotatable bonds is 3. The largest absolute Gasteiger partial charge is 0.390 e. The number of benzene rings is 1. The van der Waals surface area contributed by atoms with Crippen LogP contribution in [-0.2, 0) is 6.42 Å². The summed E-state index contributed by atoms with van der Waals surface area (Å²) in [6.07, 6.45) is 1.73. The van der Waals surface area contributed by atoms with Gasteiger partial charge in [-0.15, -0.1) is 0 Å². The zero-order valence-corrected chi connectivity index (χ0v) is 7.67. The fourth-order valence-corrected chi connectivity index (χ4v) is 1.04. The van der Waals surface area contributed by atoms with Crippen molar-refractivity contribution in [3.63, 3.8) is 0 Å². The maximum atomic E-state index is 9.47. The molecule has 1 aromatic rings. The Balaban J connectivity index is 2.44. The van der Waals surface area contributed by atoms with Gasteiger partial charge in [-0.3, -0.25) is 0 Å². The molecule has 1 radical (unpaired) electrons. The van der Waals surface area contributed by atoms with Gasteiger partial charge in [0.05, 0.1) is 5.60 Å². The van der Waals surface area contributed by atoms with Crippen molar-refractivity contribution < 1.29 is 5.11 Å². The van der Waals surface area contributed by atoms with Crippen molar-refractivity contribution in [3.8, 4) is 0 Å². The van der Waals surface area contributed by atoms with E-state index < -0.39 is 5.60 Å². The van der Waals surface area contributed by atoms with E-state index in [1.54, 1.807) is 0 Å². The van der Waals surface area contributed by atoms with Gasteiger partial charge in [0.2, 0.25) is 0 Å². The van der Waals surface area contributed by atoms with Crippen LogP contribution in [0, 0.1) is 6.07 Å². The van der Waals surface area contributed by atoms with E-state index in [0.717, 1.165) is 12.8 Å². The molecule has 0 fully saturated rings. The van der Waals surface area contributed by atoms with E-state index in [2.05, 4.69) is 6.07 Å². The monoisotopic (exact) mass is 163 g/mol. The van der Waals surface area contributed by atoms with Crippen LogP contribution in [-0.4, -0.2) is 10.7 Å². The highest BCUT2D eigenvalue weighted by Crippen LogP contribution is 2.12. The zero-order chi connectivity index (χ0) is 9.03. The van der Waals surface area contributed by atoms with Gasteiger partial charge in [0.25, 0.3) is 0 Å². The molecule has 0 saturated heterocycles. The highest BCUT2D eigenvalue weighted by molar-refractivity contribution is 5.14. The summed E-state index contributed by atoms with van der Waals surface area (Å²) < 4.78 is 0. The van der Waals surface area contributed by atoms with Crippen LogP contribution in [0.3, 0.4) is 0 Å². The molecule has 0 heterocycles. The summed E-state index contributed by atoms with van der Waals surface area (Å²) in [7, 11) is 0. The van der Waals surface area contributed by atoms with Gasteiger partial charge in [-0.05, 0) is 38.3 Å². The lowest BCUT2D eigenvalue weighted by atomic mass is 9.99. The summed E-state index contributed by atoms with van der Waals surface area (Å²) in [6, 6.07) is 10.8. The van der Waals surface area contributed by atoms with E-state index in [9.17, 15) is 5.11 Å². The molecule has 0 aliphatic carbocycles. The van der Waals surface area contributed by atoms with E-state index in [0.29, 0.717) is 0 Å². The van der Waals surface area contributed by atoms with Gasteiger partial charge >= 0.3 is 0 Å². The molecule has 65 valence electrons. The summed E-state index contributed by atoms with van der Waals surface area (Å²) in [5.41, 5.74) is 0.704. The fraction of sp³-hybridized carbons (Fsp3) is 0.455. The molecule has 0 spiro atoms. The molecule has 12 heavy (non-hydrogen) atoms. The van der Waals surface area contributed by atoms with Gasteiger partial charge in [-0.1, -0.05) is 24.3 Å². The molecule has 1 aromatic carbocycles. The van der Waals surface area contributed by atoms with Crippen LogP contribution in [0.2, 0.25) is 0 Å². The lowest BCUT2D eigenvalue weighted by Gasteiger charge is -2.16. The van der Waals surface area contributed by atoms with Crippen LogP contribution in [0.15, 0.2) is 24.3 Å². The van der Waals surface area contributed by atoms with E-state index in [-0.39, 0.29) is 0 Å². The second-order valence-corrected chi connectivity index (χ2v) is 3.72. The fourth-order valence-electron chi connectivity index (χ4n) is 1.04. The summed E-state index contributed by atoms with van der Waals surface area (Å²) in [5, 5.41) is 9.47. The molecule has 0 amide bonds. The molecule has 1 heteroatoms. The predicted molar refractivity (Wildman–Crippen MR) is 49.9 cm³/mol. The van der Waals surface area contributed by atoms with Crippen molar-refractivity contribution in [3.05, 3.63) is 35.9 Å². The number of aliphatic hydroxyl groups is 1. The number of hydrogen-bond donors (Lipinski definition) is 1. The Morgan fingerprint density at radius 3 is 2.42 bits per heavy atom. The van der Waals surface area contributed by atoms with Gasteiger partial charge in [-0.25, -0.2) is 0 Å². The average molecular weight is 163 g/mol. The molecule has 1 nitrogen and oxygen atoms in total. The van der Waals surface area contributed by atoms with E-state index in [1.807, 2.05) is 38.1 Å². The van der Waals surface area contributed by atoms with Crippen LogP contribution in [0.25, 0.3) is 0 Å². The molecule has 0 unspecified atom stereocenters. The topological polar surface area (TPSA) is 20.2 Å². The Morgan fingerprint density at radius 1 is 1.33 bits per heavy atom. The van der Waals surface area contributed by atoms with Crippen molar-refractivity contribution in [2.75, 3.05) is 0 Å². The molecule has 0 saturated carbocycles. The first-order valence-electron chi connectivity index (χ1n) is 4.25. The standard InChI is InChI=1S/C11H15O/c1-11(2,12)9-8-10-6-4-3-5-7-10/h4-7,12H,8-9H2,1-2H3. The van der Waals surface area contributed by atoms with Crippen LogP contribution < -0.4 is 0 Å². The second kappa shape index (κ2) is 3.72. The van der Waals surface area contributed by atoms with Crippen molar-refractivity contribution in [2.24, 2.45) is 0 Å². The Kier molecular flexibility index (Phi) is 2.88. The zero-order valence-electron chi connectivity index (χ0n) is 7.67. The highest BCUT2D eigenvalue weighted by Gasteiger charge is 2.11. The van der Waals surface area contributed by atoms with Gasteiger partial charge in [-0.2, -0.15) is 0 Å². The van der Waals surface area contributed by atoms with E-state index >= 15 is 0 Å². The van der Waals surface area contributed by atoms with Crippen LogP contribution in [0.4, 0.5) is 0 Å². The number of aryl methyl sites for hydroxylation is 1. The van der Waals surface area contributed by atoms with Gasteiger partial charge < -0.3 is 5.11 Å².